The number of halogens is 1. The molecule has 5 heteroatoms. The van der Waals surface area contributed by atoms with Gasteiger partial charge in [-0.1, -0.05) is 42.5 Å². The van der Waals surface area contributed by atoms with Gasteiger partial charge in [-0.2, -0.15) is 0 Å². The highest BCUT2D eigenvalue weighted by Crippen LogP contribution is 2.38. The number of carbonyl (C=O) groups excluding carboxylic acids is 1. The highest BCUT2D eigenvalue weighted by molar-refractivity contribution is 5.72. The van der Waals surface area contributed by atoms with E-state index < -0.39 is 0 Å². The normalized spacial score (nSPS) is 25.1. The molecule has 3 aliphatic rings. The lowest BCUT2D eigenvalue weighted by Crippen LogP contribution is -2.41. The summed E-state index contributed by atoms with van der Waals surface area (Å²) in [5.74, 6) is -0.0497. The lowest BCUT2D eigenvalue weighted by atomic mass is 9.83. The molecule has 2 unspecified atom stereocenters. The average molecular weight is 402 g/mol. The Morgan fingerprint density at radius 1 is 1.23 bits per heavy atom. The molecule has 1 saturated heterocycles. The van der Waals surface area contributed by atoms with Gasteiger partial charge in [0.25, 0.3) is 0 Å². The standard InChI is InChI=1S/C25H23FN2O2/c1-16-10-19(12-20(26)11-16)17-6-7-21(27-13-17)8-9-23-22-5-3-2-4-18(22)14-28-24(23)15-30-25(28)29/h2-5,7-13,17,23-24H,6,14-15H2,1H3/b9-8+/t17?,23?,24-/m1/s1. The number of nitrogens with zero attached hydrogens (tertiary/aromatic N) is 2. The van der Waals surface area contributed by atoms with Crippen LogP contribution in [-0.4, -0.2) is 29.9 Å². The number of carbonyl (C=O) groups is 1. The van der Waals surface area contributed by atoms with Gasteiger partial charge < -0.3 is 4.74 Å². The maximum atomic E-state index is 13.7. The summed E-state index contributed by atoms with van der Waals surface area (Å²) < 4.78 is 19.0. The van der Waals surface area contributed by atoms with Crippen molar-refractivity contribution in [2.24, 2.45) is 4.99 Å². The van der Waals surface area contributed by atoms with E-state index in [2.05, 4.69) is 29.3 Å². The van der Waals surface area contributed by atoms with E-state index in [-0.39, 0.29) is 29.8 Å². The number of hydrogen-bond donors (Lipinski definition) is 0. The molecule has 1 amide bonds. The minimum absolute atomic E-state index is 0.0137. The lowest BCUT2D eigenvalue weighted by molar-refractivity contribution is 0.154. The Morgan fingerprint density at radius 3 is 2.90 bits per heavy atom. The van der Waals surface area contributed by atoms with E-state index in [0.29, 0.717) is 13.2 Å². The molecular formula is C25H23FN2O2. The molecule has 152 valence electrons. The molecule has 5 rings (SSSR count). The first-order chi connectivity index (χ1) is 14.6. The smallest absolute Gasteiger partial charge is 0.410 e. The third-order valence-corrected chi connectivity index (χ3v) is 6.13. The fourth-order valence-corrected chi connectivity index (χ4v) is 4.62. The summed E-state index contributed by atoms with van der Waals surface area (Å²) in [4.78, 5) is 18.5. The van der Waals surface area contributed by atoms with E-state index in [0.717, 1.165) is 28.8 Å². The third-order valence-electron chi connectivity index (χ3n) is 6.13. The molecule has 0 radical (unpaired) electrons. The van der Waals surface area contributed by atoms with Crippen molar-refractivity contribution in [2.45, 2.75) is 37.8 Å². The molecule has 3 aliphatic heterocycles. The summed E-state index contributed by atoms with van der Waals surface area (Å²) in [6.45, 7) is 2.91. The lowest BCUT2D eigenvalue weighted by Gasteiger charge is -2.34. The SMILES string of the molecule is Cc1cc(F)cc(C2C=NC(/C=C/C3c4ccccc4CN4C(=O)OC[C@H]34)=CC2)c1. The zero-order valence-corrected chi connectivity index (χ0v) is 16.8. The summed E-state index contributed by atoms with van der Waals surface area (Å²) in [6, 6.07) is 13.4. The molecule has 2 aromatic carbocycles. The van der Waals surface area contributed by atoms with Crippen molar-refractivity contribution in [1.29, 1.82) is 0 Å². The largest absolute Gasteiger partial charge is 0.447 e. The highest BCUT2D eigenvalue weighted by Gasteiger charge is 2.42. The molecule has 3 atom stereocenters. The predicted octanol–water partition coefficient (Wildman–Crippen LogP) is 5.25. The van der Waals surface area contributed by atoms with Crippen LogP contribution in [-0.2, 0) is 11.3 Å². The van der Waals surface area contributed by atoms with E-state index in [9.17, 15) is 9.18 Å². The molecule has 0 spiro atoms. The summed E-state index contributed by atoms with van der Waals surface area (Å²) in [5.41, 5.74) is 5.15. The molecule has 30 heavy (non-hydrogen) atoms. The molecule has 0 aromatic heterocycles. The van der Waals surface area contributed by atoms with Crippen molar-refractivity contribution >= 4 is 12.3 Å². The summed E-state index contributed by atoms with van der Waals surface area (Å²) in [6.07, 6.45) is 8.69. The van der Waals surface area contributed by atoms with Crippen molar-refractivity contribution in [1.82, 2.24) is 4.90 Å². The van der Waals surface area contributed by atoms with E-state index >= 15 is 0 Å². The molecule has 0 aliphatic carbocycles. The zero-order valence-electron chi connectivity index (χ0n) is 16.8. The first kappa shape index (κ1) is 18.8. The third kappa shape index (κ3) is 3.45. The van der Waals surface area contributed by atoms with Crippen molar-refractivity contribution in [3.05, 3.63) is 94.5 Å². The predicted molar refractivity (Wildman–Crippen MR) is 114 cm³/mol. The average Bonchev–Trinajstić information content (AvgIpc) is 3.11. The van der Waals surface area contributed by atoms with Gasteiger partial charge in [-0.15, -0.1) is 0 Å². The fourth-order valence-electron chi connectivity index (χ4n) is 4.62. The number of ether oxygens (including phenoxy) is 1. The molecule has 0 N–H and O–H groups in total. The van der Waals surface area contributed by atoms with Crippen LogP contribution in [0.4, 0.5) is 9.18 Å². The molecule has 0 saturated carbocycles. The van der Waals surface area contributed by atoms with Crippen LogP contribution in [0.5, 0.6) is 0 Å². The van der Waals surface area contributed by atoms with Crippen LogP contribution in [0.3, 0.4) is 0 Å². The van der Waals surface area contributed by atoms with Crippen LogP contribution < -0.4 is 0 Å². The van der Waals surface area contributed by atoms with Gasteiger partial charge >= 0.3 is 6.09 Å². The number of cyclic esters (lactones) is 1. The first-order valence-corrected chi connectivity index (χ1v) is 10.3. The van der Waals surface area contributed by atoms with E-state index in [1.165, 1.54) is 11.6 Å². The minimum atomic E-state index is -0.240. The van der Waals surface area contributed by atoms with Crippen LogP contribution in [0.25, 0.3) is 0 Å². The maximum absolute atomic E-state index is 13.7. The van der Waals surface area contributed by atoms with Crippen LogP contribution in [0, 0.1) is 12.7 Å². The van der Waals surface area contributed by atoms with Crippen molar-refractivity contribution < 1.29 is 13.9 Å². The highest BCUT2D eigenvalue weighted by atomic mass is 19.1. The van der Waals surface area contributed by atoms with Gasteiger partial charge in [0.15, 0.2) is 0 Å². The van der Waals surface area contributed by atoms with Crippen LogP contribution in [0.1, 0.15) is 40.5 Å². The summed E-state index contributed by atoms with van der Waals surface area (Å²) in [5, 5.41) is 0. The second kappa shape index (κ2) is 7.56. The number of amides is 1. The Bertz CT molecular complexity index is 1070. The van der Waals surface area contributed by atoms with Crippen LogP contribution >= 0.6 is 0 Å². The number of aliphatic imine (C=N–C) groups is 1. The fraction of sp³-hybridized carbons (Fsp3) is 0.280. The number of fused-ring (bicyclic) bond motifs is 2. The Hall–Kier alpha value is -3.21. The van der Waals surface area contributed by atoms with Gasteiger partial charge in [0.1, 0.15) is 12.4 Å². The van der Waals surface area contributed by atoms with Crippen molar-refractivity contribution in [3.8, 4) is 0 Å². The van der Waals surface area contributed by atoms with Gasteiger partial charge in [-0.05, 0) is 53.8 Å². The molecule has 0 bridgehead atoms. The first-order valence-electron chi connectivity index (χ1n) is 10.3. The molecule has 1 fully saturated rings. The van der Waals surface area contributed by atoms with Gasteiger partial charge in [0, 0.05) is 24.6 Å². The van der Waals surface area contributed by atoms with Gasteiger partial charge in [-0.3, -0.25) is 9.89 Å². The second-order valence-electron chi connectivity index (χ2n) is 8.17. The van der Waals surface area contributed by atoms with Crippen LogP contribution in [0.15, 0.2) is 71.4 Å². The summed E-state index contributed by atoms with van der Waals surface area (Å²) >= 11 is 0. The molecule has 3 heterocycles. The molecule has 2 aromatic rings. The Labute approximate surface area is 175 Å². The Balaban J connectivity index is 1.36. The molecular weight excluding hydrogens is 379 g/mol. The zero-order chi connectivity index (χ0) is 20.7. The van der Waals surface area contributed by atoms with E-state index in [4.69, 9.17) is 4.74 Å². The van der Waals surface area contributed by atoms with Crippen LogP contribution in [0.2, 0.25) is 0 Å². The number of hydrogen-bond acceptors (Lipinski definition) is 3. The minimum Gasteiger partial charge on any atom is -0.447 e. The number of rotatable bonds is 3. The van der Waals surface area contributed by atoms with Gasteiger partial charge in [0.2, 0.25) is 0 Å². The van der Waals surface area contributed by atoms with Gasteiger partial charge in [-0.25, -0.2) is 9.18 Å². The van der Waals surface area contributed by atoms with E-state index in [1.54, 1.807) is 6.07 Å². The second-order valence-corrected chi connectivity index (χ2v) is 8.17. The monoisotopic (exact) mass is 402 g/mol. The number of allylic oxidation sites excluding steroid dienone is 2. The van der Waals surface area contributed by atoms with Gasteiger partial charge in [0.05, 0.1) is 11.7 Å². The quantitative estimate of drug-likeness (QED) is 0.704. The Morgan fingerprint density at radius 2 is 2.10 bits per heavy atom. The summed E-state index contributed by atoms with van der Waals surface area (Å²) in [7, 11) is 0. The number of aryl methyl sites for hydroxylation is 1. The van der Waals surface area contributed by atoms with Crippen molar-refractivity contribution in [2.75, 3.05) is 6.61 Å². The molecule has 4 nitrogen and oxygen atoms in total. The van der Waals surface area contributed by atoms with E-state index in [1.807, 2.05) is 42.3 Å². The maximum Gasteiger partial charge on any atom is 0.410 e. The number of benzene rings is 2. The topological polar surface area (TPSA) is 41.9 Å². The van der Waals surface area contributed by atoms with Crippen molar-refractivity contribution in [3.63, 3.8) is 0 Å². The Kier molecular flexibility index (Phi) is 4.74.